The summed E-state index contributed by atoms with van der Waals surface area (Å²) in [5.74, 6) is 2.84. The minimum Gasteiger partial charge on any atom is -0.497 e. The fraction of sp³-hybridized carbons (Fsp3) is 0.440. The number of ether oxygens (including phenoxy) is 3. The van der Waals surface area contributed by atoms with Gasteiger partial charge in [-0.2, -0.15) is 0 Å². The molecule has 1 aromatic heterocycles. The Bertz CT molecular complexity index is 1120. The van der Waals surface area contributed by atoms with Gasteiger partial charge in [0, 0.05) is 25.1 Å². The number of likely N-dealkylation sites (N-methyl/N-ethyl adjacent to an activating group) is 1. The maximum absolute atomic E-state index is 13.5. The molecule has 0 saturated carbocycles. The topological polar surface area (TPSA) is 65.8 Å². The predicted molar refractivity (Wildman–Crippen MR) is 127 cm³/mol. The van der Waals surface area contributed by atoms with Crippen molar-refractivity contribution in [1.82, 2.24) is 14.5 Å². The number of rotatable bonds is 10. The molecular weight excluding hydrogens is 406 g/mol. The lowest BCUT2D eigenvalue weighted by Crippen LogP contribution is -2.30. The SMILES string of the molecule is CCC(C)Oc1ccc2nc(Cc3cc(OC)ccc3OC)n(CCN(C)C)c(=O)c2c1. The van der Waals surface area contributed by atoms with Gasteiger partial charge in [0.25, 0.3) is 5.56 Å². The standard InChI is InChI=1S/C25H33N3O4/c1-7-17(2)32-20-8-10-22-21(16-20)25(29)28(13-12-27(3)4)24(26-22)15-18-14-19(30-5)9-11-23(18)31-6/h8-11,14,16-17H,7,12-13,15H2,1-6H3. The first-order valence-corrected chi connectivity index (χ1v) is 10.9. The monoisotopic (exact) mass is 439 g/mol. The first-order chi connectivity index (χ1) is 15.4. The van der Waals surface area contributed by atoms with Crippen LogP contribution in [0.2, 0.25) is 0 Å². The second-order valence-corrected chi connectivity index (χ2v) is 8.16. The molecule has 1 heterocycles. The summed E-state index contributed by atoms with van der Waals surface area (Å²) < 4.78 is 18.6. The lowest BCUT2D eigenvalue weighted by molar-refractivity contribution is 0.217. The van der Waals surface area contributed by atoms with Crippen molar-refractivity contribution in [2.45, 2.75) is 39.3 Å². The van der Waals surface area contributed by atoms with E-state index < -0.39 is 0 Å². The quantitative estimate of drug-likeness (QED) is 0.479. The highest BCUT2D eigenvalue weighted by atomic mass is 16.5. The maximum atomic E-state index is 13.5. The molecule has 7 heteroatoms. The van der Waals surface area contributed by atoms with E-state index in [0.29, 0.717) is 35.4 Å². The van der Waals surface area contributed by atoms with Crippen molar-refractivity contribution in [2.75, 3.05) is 34.9 Å². The van der Waals surface area contributed by atoms with Crippen molar-refractivity contribution in [2.24, 2.45) is 0 Å². The van der Waals surface area contributed by atoms with E-state index in [-0.39, 0.29) is 11.7 Å². The minimum absolute atomic E-state index is 0.0664. The molecule has 0 spiro atoms. The van der Waals surface area contributed by atoms with Crippen molar-refractivity contribution >= 4 is 10.9 Å². The second-order valence-electron chi connectivity index (χ2n) is 8.16. The molecule has 0 N–H and O–H groups in total. The number of hydrogen-bond donors (Lipinski definition) is 0. The van der Waals surface area contributed by atoms with Gasteiger partial charge in [0.05, 0.1) is 31.2 Å². The van der Waals surface area contributed by atoms with Crippen LogP contribution >= 0.6 is 0 Å². The van der Waals surface area contributed by atoms with Gasteiger partial charge in [-0.15, -0.1) is 0 Å². The van der Waals surface area contributed by atoms with E-state index in [0.717, 1.165) is 30.0 Å². The molecule has 0 bridgehead atoms. The van der Waals surface area contributed by atoms with Gasteiger partial charge in [-0.05, 0) is 63.8 Å². The van der Waals surface area contributed by atoms with Crippen molar-refractivity contribution in [3.05, 3.63) is 58.1 Å². The molecule has 1 atom stereocenters. The van der Waals surface area contributed by atoms with Crippen LogP contribution in [0.25, 0.3) is 10.9 Å². The largest absolute Gasteiger partial charge is 0.497 e. The average Bonchev–Trinajstić information content (AvgIpc) is 2.78. The van der Waals surface area contributed by atoms with Gasteiger partial charge < -0.3 is 19.1 Å². The number of methoxy groups -OCH3 is 2. The average molecular weight is 440 g/mol. The zero-order chi connectivity index (χ0) is 23.3. The molecule has 0 aliphatic rings. The van der Waals surface area contributed by atoms with Crippen LogP contribution in [-0.2, 0) is 13.0 Å². The Balaban J connectivity index is 2.11. The van der Waals surface area contributed by atoms with Crippen LogP contribution in [0.5, 0.6) is 17.2 Å². The Kier molecular flexibility index (Phi) is 7.75. The summed E-state index contributed by atoms with van der Waals surface area (Å²) in [6.45, 7) is 5.34. The third-order valence-corrected chi connectivity index (χ3v) is 5.52. The third kappa shape index (κ3) is 5.40. The van der Waals surface area contributed by atoms with Gasteiger partial charge in [0.1, 0.15) is 23.1 Å². The van der Waals surface area contributed by atoms with E-state index in [4.69, 9.17) is 19.2 Å². The number of nitrogens with zero attached hydrogens (tertiary/aromatic N) is 3. The highest BCUT2D eigenvalue weighted by Gasteiger charge is 2.16. The summed E-state index contributed by atoms with van der Waals surface area (Å²) >= 11 is 0. The number of aromatic nitrogens is 2. The van der Waals surface area contributed by atoms with Crippen LogP contribution < -0.4 is 19.8 Å². The lowest BCUT2D eigenvalue weighted by Gasteiger charge is -2.18. The molecule has 7 nitrogen and oxygen atoms in total. The fourth-order valence-electron chi connectivity index (χ4n) is 3.49. The summed E-state index contributed by atoms with van der Waals surface area (Å²) in [6, 6.07) is 11.2. The Morgan fingerprint density at radius 2 is 1.81 bits per heavy atom. The number of benzene rings is 2. The summed E-state index contributed by atoms with van der Waals surface area (Å²) in [4.78, 5) is 20.5. The van der Waals surface area contributed by atoms with E-state index in [9.17, 15) is 4.79 Å². The lowest BCUT2D eigenvalue weighted by atomic mass is 10.1. The van der Waals surface area contributed by atoms with Gasteiger partial charge in [0.15, 0.2) is 0 Å². The first-order valence-electron chi connectivity index (χ1n) is 10.9. The van der Waals surface area contributed by atoms with Gasteiger partial charge in [-0.3, -0.25) is 9.36 Å². The molecule has 172 valence electrons. The molecule has 0 aliphatic carbocycles. The van der Waals surface area contributed by atoms with Crippen LogP contribution in [0.4, 0.5) is 0 Å². The number of fused-ring (bicyclic) bond motifs is 1. The van der Waals surface area contributed by atoms with Crippen LogP contribution in [0.1, 0.15) is 31.7 Å². The molecular formula is C25H33N3O4. The number of hydrogen-bond acceptors (Lipinski definition) is 6. The molecule has 0 fully saturated rings. The molecule has 3 rings (SSSR count). The zero-order valence-electron chi connectivity index (χ0n) is 19.8. The highest BCUT2D eigenvalue weighted by molar-refractivity contribution is 5.79. The smallest absolute Gasteiger partial charge is 0.261 e. The van der Waals surface area contributed by atoms with E-state index >= 15 is 0 Å². The van der Waals surface area contributed by atoms with Gasteiger partial charge in [0.2, 0.25) is 0 Å². The van der Waals surface area contributed by atoms with Gasteiger partial charge in [-0.25, -0.2) is 4.98 Å². The Labute approximate surface area is 189 Å². The predicted octanol–water partition coefficient (Wildman–Crippen LogP) is 3.74. The van der Waals surface area contributed by atoms with Crippen molar-refractivity contribution in [3.8, 4) is 17.2 Å². The van der Waals surface area contributed by atoms with Crippen LogP contribution in [0, 0.1) is 0 Å². The third-order valence-electron chi connectivity index (χ3n) is 5.52. The zero-order valence-corrected chi connectivity index (χ0v) is 19.8. The van der Waals surface area contributed by atoms with E-state index in [1.165, 1.54) is 0 Å². The molecule has 3 aromatic rings. The van der Waals surface area contributed by atoms with Crippen molar-refractivity contribution in [1.29, 1.82) is 0 Å². The summed E-state index contributed by atoms with van der Waals surface area (Å²) in [5.41, 5.74) is 1.50. The Morgan fingerprint density at radius 3 is 2.47 bits per heavy atom. The molecule has 2 aromatic carbocycles. The van der Waals surface area contributed by atoms with Crippen molar-refractivity contribution < 1.29 is 14.2 Å². The maximum Gasteiger partial charge on any atom is 0.261 e. The van der Waals surface area contributed by atoms with Crippen molar-refractivity contribution in [3.63, 3.8) is 0 Å². The van der Waals surface area contributed by atoms with Crippen LogP contribution in [0.3, 0.4) is 0 Å². The Hall–Kier alpha value is -3.06. The molecule has 32 heavy (non-hydrogen) atoms. The fourth-order valence-corrected chi connectivity index (χ4v) is 3.49. The summed E-state index contributed by atoms with van der Waals surface area (Å²) in [7, 11) is 7.24. The van der Waals surface area contributed by atoms with Gasteiger partial charge >= 0.3 is 0 Å². The Morgan fingerprint density at radius 1 is 1.06 bits per heavy atom. The first kappa shape index (κ1) is 23.6. The molecule has 0 radical (unpaired) electrons. The molecule has 0 amide bonds. The van der Waals surface area contributed by atoms with Gasteiger partial charge in [-0.1, -0.05) is 6.92 Å². The van der Waals surface area contributed by atoms with Crippen LogP contribution in [-0.4, -0.2) is 55.4 Å². The summed E-state index contributed by atoms with van der Waals surface area (Å²) in [6.07, 6.45) is 1.42. The molecule has 0 aliphatic heterocycles. The second kappa shape index (κ2) is 10.5. The highest BCUT2D eigenvalue weighted by Crippen LogP contribution is 2.27. The molecule has 0 saturated heterocycles. The minimum atomic E-state index is -0.0664. The van der Waals surface area contributed by atoms with E-state index in [1.54, 1.807) is 24.9 Å². The summed E-state index contributed by atoms with van der Waals surface area (Å²) in [5, 5.41) is 0.561. The van der Waals surface area contributed by atoms with Crippen LogP contribution in [0.15, 0.2) is 41.2 Å². The normalized spacial score (nSPS) is 12.2. The van der Waals surface area contributed by atoms with E-state index in [1.807, 2.05) is 51.4 Å². The van der Waals surface area contributed by atoms with E-state index in [2.05, 4.69) is 11.8 Å². The molecule has 1 unspecified atom stereocenters.